The lowest BCUT2D eigenvalue weighted by Gasteiger charge is -2.32. The summed E-state index contributed by atoms with van der Waals surface area (Å²) in [5.41, 5.74) is 0.778. The number of likely N-dealkylation sites (tertiary alicyclic amines) is 1. The van der Waals surface area contributed by atoms with Gasteiger partial charge in [-0.1, -0.05) is 15.9 Å². The lowest BCUT2D eigenvalue weighted by molar-refractivity contribution is 0.0160. The molecule has 0 spiro atoms. The highest BCUT2D eigenvalue weighted by Gasteiger charge is 2.23. The fourth-order valence-corrected chi connectivity index (χ4v) is 2.76. The topological polar surface area (TPSA) is 29.5 Å². The standard InChI is InChI=1S/C14H17BrINO2/c15-7-10-19-13-5-8-17(9-6-13)14(18)11-1-3-12(16)4-2-11/h1-4,13H,5-10H2. The highest BCUT2D eigenvalue weighted by molar-refractivity contribution is 14.1. The van der Waals surface area contributed by atoms with Crippen molar-refractivity contribution < 1.29 is 9.53 Å². The van der Waals surface area contributed by atoms with E-state index in [9.17, 15) is 4.79 Å². The van der Waals surface area contributed by atoms with Crippen LogP contribution in [0.25, 0.3) is 0 Å². The first kappa shape index (κ1) is 15.3. The van der Waals surface area contributed by atoms with Crippen molar-refractivity contribution in [1.82, 2.24) is 4.90 Å². The molecule has 1 aliphatic heterocycles. The molecule has 0 radical (unpaired) electrons. The first-order valence-corrected chi connectivity index (χ1v) is 8.63. The van der Waals surface area contributed by atoms with Crippen molar-refractivity contribution in [2.24, 2.45) is 0 Å². The third-order valence-electron chi connectivity index (χ3n) is 3.25. The largest absolute Gasteiger partial charge is 0.377 e. The van der Waals surface area contributed by atoms with Gasteiger partial charge < -0.3 is 9.64 Å². The van der Waals surface area contributed by atoms with E-state index in [-0.39, 0.29) is 5.91 Å². The van der Waals surface area contributed by atoms with Crippen LogP contribution in [0.5, 0.6) is 0 Å². The number of hydrogen-bond donors (Lipinski definition) is 0. The smallest absolute Gasteiger partial charge is 0.253 e. The second kappa shape index (κ2) is 7.59. The number of carbonyl (C=O) groups excluding carboxylic acids is 1. The number of piperidine rings is 1. The van der Waals surface area contributed by atoms with E-state index in [2.05, 4.69) is 38.5 Å². The van der Waals surface area contributed by atoms with E-state index in [1.54, 1.807) is 0 Å². The molecule has 0 bridgehead atoms. The van der Waals surface area contributed by atoms with Gasteiger partial charge in [-0.3, -0.25) is 4.79 Å². The van der Waals surface area contributed by atoms with E-state index in [1.165, 1.54) is 0 Å². The van der Waals surface area contributed by atoms with E-state index >= 15 is 0 Å². The zero-order valence-corrected chi connectivity index (χ0v) is 14.4. The fourth-order valence-electron chi connectivity index (χ4n) is 2.21. The summed E-state index contributed by atoms with van der Waals surface area (Å²) in [6.07, 6.45) is 2.17. The number of alkyl halides is 1. The van der Waals surface area contributed by atoms with Crippen molar-refractivity contribution in [3.8, 4) is 0 Å². The summed E-state index contributed by atoms with van der Waals surface area (Å²) < 4.78 is 6.84. The average molecular weight is 438 g/mol. The van der Waals surface area contributed by atoms with Crippen LogP contribution in [0.3, 0.4) is 0 Å². The molecule has 1 amide bonds. The maximum Gasteiger partial charge on any atom is 0.253 e. The first-order chi connectivity index (χ1) is 9.20. The zero-order chi connectivity index (χ0) is 13.7. The Morgan fingerprint density at radius 3 is 2.53 bits per heavy atom. The number of carbonyl (C=O) groups is 1. The van der Waals surface area contributed by atoms with Gasteiger partial charge in [-0.2, -0.15) is 0 Å². The van der Waals surface area contributed by atoms with Crippen LogP contribution in [0.1, 0.15) is 23.2 Å². The summed E-state index contributed by atoms with van der Waals surface area (Å²) in [5, 5.41) is 0.870. The molecule has 0 atom stereocenters. The van der Waals surface area contributed by atoms with Crippen LogP contribution in [-0.4, -0.2) is 41.9 Å². The summed E-state index contributed by atoms with van der Waals surface area (Å²) in [6.45, 7) is 2.32. The molecule has 19 heavy (non-hydrogen) atoms. The van der Waals surface area contributed by atoms with Gasteiger partial charge in [-0.25, -0.2) is 0 Å². The van der Waals surface area contributed by atoms with Crippen LogP contribution < -0.4 is 0 Å². The van der Waals surface area contributed by atoms with E-state index in [1.807, 2.05) is 29.2 Å². The van der Waals surface area contributed by atoms with Gasteiger partial charge in [0.1, 0.15) is 0 Å². The van der Waals surface area contributed by atoms with Crippen molar-refractivity contribution in [3.05, 3.63) is 33.4 Å². The predicted molar refractivity (Wildman–Crippen MR) is 87.8 cm³/mol. The Morgan fingerprint density at radius 2 is 1.95 bits per heavy atom. The fraction of sp³-hybridized carbons (Fsp3) is 0.500. The minimum atomic E-state index is 0.135. The Balaban J connectivity index is 1.87. The Hall–Kier alpha value is -0.140. The summed E-state index contributed by atoms with van der Waals surface area (Å²) >= 11 is 5.60. The van der Waals surface area contributed by atoms with Gasteiger partial charge in [0.15, 0.2) is 0 Å². The molecular formula is C14H17BrINO2. The summed E-state index contributed by atoms with van der Waals surface area (Å²) in [6, 6.07) is 7.74. The number of rotatable bonds is 4. The molecule has 1 saturated heterocycles. The van der Waals surface area contributed by atoms with E-state index in [0.29, 0.717) is 6.10 Å². The molecular weight excluding hydrogens is 421 g/mol. The maximum atomic E-state index is 12.3. The third kappa shape index (κ3) is 4.43. The Morgan fingerprint density at radius 1 is 1.32 bits per heavy atom. The molecule has 0 unspecified atom stereocenters. The van der Waals surface area contributed by atoms with Crippen molar-refractivity contribution in [2.75, 3.05) is 25.0 Å². The summed E-state index contributed by atoms with van der Waals surface area (Å²) in [7, 11) is 0. The molecule has 0 saturated carbocycles. The first-order valence-electron chi connectivity index (χ1n) is 6.43. The van der Waals surface area contributed by atoms with Gasteiger partial charge in [-0.15, -0.1) is 0 Å². The molecule has 1 heterocycles. The minimum absolute atomic E-state index is 0.135. The molecule has 0 N–H and O–H groups in total. The lowest BCUT2D eigenvalue weighted by atomic mass is 10.1. The third-order valence-corrected chi connectivity index (χ3v) is 4.29. The SMILES string of the molecule is O=C(c1ccc(I)cc1)N1CCC(OCCBr)CC1. The summed E-state index contributed by atoms with van der Waals surface area (Å²) in [4.78, 5) is 14.2. The quantitative estimate of drug-likeness (QED) is 0.534. The van der Waals surface area contributed by atoms with Crippen molar-refractivity contribution in [2.45, 2.75) is 18.9 Å². The molecule has 0 aliphatic carbocycles. The number of amides is 1. The lowest BCUT2D eigenvalue weighted by Crippen LogP contribution is -2.41. The normalized spacial score (nSPS) is 16.6. The van der Waals surface area contributed by atoms with E-state index in [4.69, 9.17) is 4.74 Å². The molecule has 1 aromatic rings. The van der Waals surface area contributed by atoms with Gasteiger partial charge in [0.2, 0.25) is 0 Å². The van der Waals surface area contributed by atoms with Gasteiger partial charge in [-0.05, 0) is 59.7 Å². The zero-order valence-electron chi connectivity index (χ0n) is 10.6. The van der Waals surface area contributed by atoms with Crippen LogP contribution in [-0.2, 0) is 4.74 Å². The van der Waals surface area contributed by atoms with Gasteiger partial charge in [0, 0.05) is 27.6 Å². The minimum Gasteiger partial charge on any atom is -0.377 e. The Kier molecular flexibility index (Phi) is 6.09. The molecule has 1 fully saturated rings. The van der Waals surface area contributed by atoms with Crippen molar-refractivity contribution in [3.63, 3.8) is 0 Å². The average Bonchev–Trinajstić information content (AvgIpc) is 2.46. The van der Waals surface area contributed by atoms with E-state index < -0.39 is 0 Å². The van der Waals surface area contributed by atoms with Crippen LogP contribution in [0.2, 0.25) is 0 Å². The predicted octanol–water partition coefficient (Wildman–Crippen LogP) is 3.31. The number of ether oxygens (including phenoxy) is 1. The molecule has 1 aliphatic rings. The van der Waals surface area contributed by atoms with Crippen molar-refractivity contribution >= 4 is 44.4 Å². The van der Waals surface area contributed by atoms with Crippen LogP contribution in [0.4, 0.5) is 0 Å². The molecule has 1 aromatic carbocycles. The highest BCUT2D eigenvalue weighted by Crippen LogP contribution is 2.17. The molecule has 3 nitrogen and oxygen atoms in total. The number of benzene rings is 1. The monoisotopic (exact) mass is 437 g/mol. The maximum absolute atomic E-state index is 12.3. The van der Waals surface area contributed by atoms with Gasteiger partial charge >= 0.3 is 0 Å². The van der Waals surface area contributed by atoms with Crippen molar-refractivity contribution in [1.29, 1.82) is 0 Å². The van der Waals surface area contributed by atoms with E-state index in [0.717, 1.165) is 47.0 Å². The van der Waals surface area contributed by atoms with Crippen LogP contribution >= 0.6 is 38.5 Å². The van der Waals surface area contributed by atoms with Gasteiger partial charge in [0.05, 0.1) is 12.7 Å². The molecule has 0 aromatic heterocycles. The molecule has 5 heteroatoms. The molecule has 104 valence electrons. The second-order valence-electron chi connectivity index (χ2n) is 4.56. The van der Waals surface area contributed by atoms with Crippen LogP contribution in [0.15, 0.2) is 24.3 Å². The Labute approximate surface area is 136 Å². The Bertz CT molecular complexity index is 416. The number of hydrogen-bond acceptors (Lipinski definition) is 2. The number of nitrogens with zero attached hydrogens (tertiary/aromatic N) is 1. The summed E-state index contributed by atoms with van der Waals surface area (Å²) in [5.74, 6) is 0.135. The highest BCUT2D eigenvalue weighted by atomic mass is 127. The van der Waals surface area contributed by atoms with Crippen LogP contribution in [0, 0.1) is 3.57 Å². The molecule has 2 rings (SSSR count). The number of halogens is 2. The van der Waals surface area contributed by atoms with Gasteiger partial charge in [0.25, 0.3) is 5.91 Å². The second-order valence-corrected chi connectivity index (χ2v) is 6.60.